The number of aromatic nitrogens is 2. The monoisotopic (exact) mass is 428 g/mol. The number of aryl methyl sites for hydroxylation is 1. The zero-order valence-electron chi connectivity index (χ0n) is 16.2. The van der Waals surface area contributed by atoms with E-state index in [2.05, 4.69) is 15.6 Å². The Balaban J connectivity index is 2.01. The summed E-state index contributed by atoms with van der Waals surface area (Å²) in [6.07, 6.45) is 1.15. The first-order valence-corrected chi connectivity index (χ1v) is 9.32. The van der Waals surface area contributed by atoms with Gasteiger partial charge >= 0.3 is 0 Å². The van der Waals surface area contributed by atoms with Crippen molar-refractivity contribution < 1.29 is 14.0 Å². The largest absolute Gasteiger partial charge is 0.355 e. The summed E-state index contributed by atoms with van der Waals surface area (Å²) >= 11 is 5.91. The molecule has 30 heavy (non-hydrogen) atoms. The Labute approximate surface area is 176 Å². The van der Waals surface area contributed by atoms with Gasteiger partial charge in [-0.2, -0.15) is 0 Å². The van der Waals surface area contributed by atoms with Crippen LogP contribution in [0.3, 0.4) is 0 Å². The summed E-state index contributed by atoms with van der Waals surface area (Å²) in [6.45, 7) is 1.25. The van der Waals surface area contributed by atoms with E-state index in [0.29, 0.717) is 16.1 Å². The number of carbonyl (C=O) groups excluding carboxylic acids is 2. The second-order valence-corrected chi connectivity index (χ2v) is 6.94. The third-order valence-corrected chi connectivity index (χ3v) is 4.57. The van der Waals surface area contributed by atoms with Crippen molar-refractivity contribution in [3.63, 3.8) is 0 Å². The molecule has 0 aliphatic rings. The van der Waals surface area contributed by atoms with Gasteiger partial charge in [-0.3, -0.25) is 19.0 Å². The van der Waals surface area contributed by atoms with Crippen LogP contribution in [0.25, 0.3) is 11.4 Å². The van der Waals surface area contributed by atoms with Gasteiger partial charge in [-0.25, -0.2) is 9.37 Å². The number of hydrogen-bond acceptors (Lipinski definition) is 4. The van der Waals surface area contributed by atoms with Gasteiger partial charge in [-0.15, -0.1) is 0 Å². The van der Waals surface area contributed by atoms with Crippen LogP contribution in [0.4, 0.5) is 10.1 Å². The van der Waals surface area contributed by atoms with E-state index in [-0.39, 0.29) is 17.1 Å². The van der Waals surface area contributed by atoms with Crippen molar-refractivity contribution in [2.24, 2.45) is 0 Å². The zero-order valence-corrected chi connectivity index (χ0v) is 17.0. The minimum absolute atomic E-state index is 0.0119. The Bertz CT molecular complexity index is 1180. The molecule has 0 atom stereocenters. The van der Waals surface area contributed by atoms with Crippen LogP contribution in [0.15, 0.2) is 53.5 Å². The van der Waals surface area contributed by atoms with E-state index in [9.17, 15) is 18.8 Å². The predicted molar refractivity (Wildman–Crippen MR) is 112 cm³/mol. The van der Waals surface area contributed by atoms with Crippen molar-refractivity contribution in [2.75, 3.05) is 12.4 Å². The van der Waals surface area contributed by atoms with Crippen molar-refractivity contribution in [3.8, 4) is 11.4 Å². The molecule has 1 heterocycles. The molecule has 2 aromatic carbocycles. The minimum Gasteiger partial charge on any atom is -0.355 e. The number of benzene rings is 2. The number of anilines is 1. The lowest BCUT2D eigenvalue weighted by Gasteiger charge is -2.14. The summed E-state index contributed by atoms with van der Waals surface area (Å²) in [5.74, 6) is -1.70. The van der Waals surface area contributed by atoms with Crippen LogP contribution in [0, 0.1) is 12.7 Å². The third kappa shape index (κ3) is 4.55. The molecule has 0 aliphatic carbocycles. The standard InChI is InChI=1S/C21H18ClFN4O3/c1-12-3-8-17(16(23)9-12)26-18(28)11-27-19(13-4-6-14(22)7-5-13)25-10-15(21(27)30)20(29)24-2/h3-10H,11H2,1-2H3,(H,24,29)(H,26,28). The second kappa shape index (κ2) is 8.87. The van der Waals surface area contributed by atoms with Gasteiger partial charge in [-0.05, 0) is 48.9 Å². The highest BCUT2D eigenvalue weighted by molar-refractivity contribution is 6.30. The normalized spacial score (nSPS) is 10.5. The lowest BCUT2D eigenvalue weighted by Crippen LogP contribution is -2.35. The van der Waals surface area contributed by atoms with Crippen LogP contribution in [-0.2, 0) is 11.3 Å². The smallest absolute Gasteiger partial charge is 0.267 e. The molecular formula is C21H18ClFN4O3. The molecule has 0 saturated carbocycles. The number of amides is 2. The predicted octanol–water partition coefficient (Wildman–Crippen LogP) is 3.01. The molecule has 7 nitrogen and oxygen atoms in total. The Hall–Kier alpha value is -3.52. The molecule has 0 spiro atoms. The van der Waals surface area contributed by atoms with E-state index in [4.69, 9.17) is 11.6 Å². The molecule has 0 fully saturated rings. The quantitative estimate of drug-likeness (QED) is 0.653. The molecular weight excluding hydrogens is 411 g/mol. The van der Waals surface area contributed by atoms with E-state index >= 15 is 0 Å². The van der Waals surface area contributed by atoms with Gasteiger partial charge in [0.25, 0.3) is 11.5 Å². The highest BCUT2D eigenvalue weighted by Crippen LogP contribution is 2.20. The van der Waals surface area contributed by atoms with E-state index < -0.39 is 29.7 Å². The van der Waals surface area contributed by atoms with Crippen LogP contribution in [0.5, 0.6) is 0 Å². The lowest BCUT2D eigenvalue weighted by atomic mass is 10.2. The van der Waals surface area contributed by atoms with E-state index in [1.165, 1.54) is 19.2 Å². The molecule has 0 unspecified atom stereocenters. The maximum absolute atomic E-state index is 14.1. The molecule has 3 rings (SSSR count). The Morgan fingerprint density at radius 2 is 1.87 bits per heavy atom. The minimum atomic E-state index is -0.700. The van der Waals surface area contributed by atoms with Gasteiger partial charge in [0.2, 0.25) is 5.91 Å². The third-order valence-electron chi connectivity index (χ3n) is 4.32. The first-order valence-electron chi connectivity index (χ1n) is 8.94. The maximum Gasteiger partial charge on any atom is 0.267 e. The molecule has 2 amide bonds. The van der Waals surface area contributed by atoms with Crippen LogP contribution < -0.4 is 16.2 Å². The van der Waals surface area contributed by atoms with Crippen LogP contribution in [0.2, 0.25) is 5.02 Å². The fraction of sp³-hybridized carbons (Fsp3) is 0.143. The van der Waals surface area contributed by atoms with E-state index in [1.54, 1.807) is 37.3 Å². The van der Waals surface area contributed by atoms with Crippen LogP contribution in [-0.4, -0.2) is 28.4 Å². The summed E-state index contributed by atoms with van der Waals surface area (Å²) in [6, 6.07) is 10.9. The van der Waals surface area contributed by atoms with Crippen LogP contribution >= 0.6 is 11.6 Å². The molecule has 0 saturated heterocycles. The average Bonchev–Trinajstić information content (AvgIpc) is 2.72. The Morgan fingerprint density at radius 3 is 2.50 bits per heavy atom. The van der Waals surface area contributed by atoms with Gasteiger partial charge in [0.1, 0.15) is 23.7 Å². The summed E-state index contributed by atoms with van der Waals surface area (Å²) < 4.78 is 15.1. The second-order valence-electron chi connectivity index (χ2n) is 6.50. The van der Waals surface area contributed by atoms with Gasteiger partial charge in [0.05, 0.1) is 5.69 Å². The highest BCUT2D eigenvalue weighted by atomic mass is 35.5. The fourth-order valence-corrected chi connectivity index (χ4v) is 2.94. The molecule has 3 aromatic rings. The SMILES string of the molecule is CNC(=O)c1cnc(-c2ccc(Cl)cc2)n(CC(=O)Nc2ccc(C)cc2F)c1=O. The van der Waals surface area contributed by atoms with Crippen molar-refractivity contribution >= 4 is 29.1 Å². The van der Waals surface area contributed by atoms with Gasteiger partial charge < -0.3 is 10.6 Å². The summed E-state index contributed by atoms with van der Waals surface area (Å²) in [5, 5.41) is 5.29. The maximum atomic E-state index is 14.1. The Morgan fingerprint density at radius 1 is 1.17 bits per heavy atom. The lowest BCUT2D eigenvalue weighted by molar-refractivity contribution is -0.116. The molecule has 9 heteroatoms. The summed E-state index contributed by atoms with van der Waals surface area (Å²) in [7, 11) is 1.38. The zero-order chi connectivity index (χ0) is 21.8. The topological polar surface area (TPSA) is 93.1 Å². The average molecular weight is 429 g/mol. The van der Waals surface area contributed by atoms with Crippen molar-refractivity contribution in [1.29, 1.82) is 0 Å². The van der Waals surface area contributed by atoms with Crippen molar-refractivity contribution in [2.45, 2.75) is 13.5 Å². The number of rotatable bonds is 5. The molecule has 0 radical (unpaired) electrons. The highest BCUT2D eigenvalue weighted by Gasteiger charge is 2.19. The molecule has 1 aromatic heterocycles. The number of nitrogens with zero attached hydrogens (tertiary/aromatic N) is 2. The summed E-state index contributed by atoms with van der Waals surface area (Å²) in [5.41, 5.74) is 0.295. The van der Waals surface area contributed by atoms with Gasteiger partial charge in [0.15, 0.2) is 0 Å². The van der Waals surface area contributed by atoms with E-state index in [0.717, 1.165) is 10.8 Å². The first-order chi connectivity index (χ1) is 14.3. The summed E-state index contributed by atoms with van der Waals surface area (Å²) in [4.78, 5) is 41.7. The first kappa shape index (κ1) is 21.2. The van der Waals surface area contributed by atoms with Crippen molar-refractivity contribution in [1.82, 2.24) is 14.9 Å². The van der Waals surface area contributed by atoms with Crippen LogP contribution in [0.1, 0.15) is 15.9 Å². The Kier molecular flexibility index (Phi) is 6.27. The molecule has 154 valence electrons. The fourth-order valence-electron chi connectivity index (χ4n) is 2.81. The number of halogens is 2. The van der Waals surface area contributed by atoms with Gasteiger partial charge in [-0.1, -0.05) is 17.7 Å². The molecule has 0 bridgehead atoms. The van der Waals surface area contributed by atoms with E-state index in [1.807, 2.05) is 0 Å². The molecule has 0 aliphatic heterocycles. The number of hydrogen-bond donors (Lipinski definition) is 2. The number of nitrogens with one attached hydrogen (secondary N) is 2. The van der Waals surface area contributed by atoms with Gasteiger partial charge in [0, 0.05) is 23.8 Å². The molecule has 2 N–H and O–H groups in total. The van der Waals surface area contributed by atoms with Crippen molar-refractivity contribution in [3.05, 3.63) is 81.0 Å². The number of carbonyl (C=O) groups is 2.